The van der Waals surface area contributed by atoms with E-state index in [0.717, 1.165) is 18.4 Å². The third-order valence-electron chi connectivity index (χ3n) is 3.36. The third kappa shape index (κ3) is 6.62. The zero-order valence-corrected chi connectivity index (χ0v) is 15.8. The molecule has 1 atom stereocenters. The summed E-state index contributed by atoms with van der Waals surface area (Å²) in [5.74, 6) is -0.0286. The molecule has 0 saturated heterocycles. The van der Waals surface area contributed by atoms with Gasteiger partial charge in [-0.3, -0.25) is 9.98 Å². The Balaban J connectivity index is 0.00000151. The summed E-state index contributed by atoms with van der Waals surface area (Å²) in [4.78, 5) is 9.01. The number of pyridine rings is 1. The Labute approximate surface area is 170 Å². The predicted octanol–water partition coefficient (Wildman–Crippen LogP) is -0.0263. The van der Waals surface area contributed by atoms with Gasteiger partial charge in [-0.2, -0.15) is 0 Å². The van der Waals surface area contributed by atoms with Gasteiger partial charge in [0.15, 0.2) is 0 Å². The van der Waals surface area contributed by atoms with Crippen LogP contribution in [0.1, 0.15) is 22.9 Å². The van der Waals surface area contributed by atoms with Crippen LogP contribution in [0, 0.1) is 0 Å². The predicted molar refractivity (Wildman–Crippen MR) is 94.1 cm³/mol. The molecule has 1 aromatic heterocycles. The molecule has 6 heteroatoms. The van der Waals surface area contributed by atoms with Crippen LogP contribution in [-0.2, 0) is 17.1 Å². The normalized spacial score (nSPS) is 10.7. The summed E-state index contributed by atoms with van der Waals surface area (Å²) in [6, 6.07) is 22.4. The number of aromatic nitrogens is 1. The molecule has 0 fully saturated rings. The molecule has 0 aliphatic heterocycles. The maximum atomic E-state index is 11.8. The second-order valence-electron chi connectivity index (χ2n) is 4.88. The Hall–Kier alpha value is -2.17. The van der Waals surface area contributed by atoms with E-state index in [0.29, 0.717) is 5.56 Å². The third-order valence-corrected chi connectivity index (χ3v) is 3.36. The van der Waals surface area contributed by atoms with Gasteiger partial charge < -0.3 is 22.6 Å². The van der Waals surface area contributed by atoms with Crippen LogP contribution in [0.25, 0.3) is 0 Å². The summed E-state index contributed by atoms with van der Waals surface area (Å²) >= 11 is 0. The first-order chi connectivity index (χ1) is 11.8. The fourth-order valence-corrected chi connectivity index (χ4v) is 2.25. The average Bonchev–Trinajstić information content (AvgIpc) is 2.67. The van der Waals surface area contributed by atoms with Crippen LogP contribution in [-0.4, -0.2) is 23.4 Å². The van der Waals surface area contributed by atoms with Crippen LogP contribution >= 0.6 is 0 Å². The molecule has 139 valence electrons. The number of halogens is 1. The summed E-state index contributed by atoms with van der Waals surface area (Å²) in [7, 11) is 1.00. The standard InChI is InChI=1S/C19H16N2O.CH4O.ClH.Cu/c22-18-12-5-4-10-16(18)14-21-19(15-8-2-1-3-9-15)17-11-6-7-13-20-17;1-2;;/h1-14,19,22H;2H,1H3;1H;/q;;;+2/p-2/t19-;;;/m1.../s1. The van der Waals surface area contributed by atoms with Gasteiger partial charge in [-0.05, 0) is 23.3 Å². The zero-order chi connectivity index (χ0) is 17.2. The molecule has 2 aromatic carbocycles. The maximum absolute atomic E-state index is 11.8. The van der Waals surface area contributed by atoms with E-state index >= 15 is 0 Å². The van der Waals surface area contributed by atoms with Gasteiger partial charge in [0, 0.05) is 19.5 Å². The smallest absolute Gasteiger partial charge is 1.00 e. The molecule has 3 aromatic rings. The monoisotopic (exact) mass is 417 g/mol. The van der Waals surface area contributed by atoms with E-state index in [1.165, 1.54) is 0 Å². The van der Waals surface area contributed by atoms with Gasteiger partial charge in [0.05, 0.1) is 5.69 Å². The first-order valence-electron chi connectivity index (χ1n) is 7.54. The second-order valence-corrected chi connectivity index (χ2v) is 4.88. The van der Waals surface area contributed by atoms with Crippen LogP contribution in [0.5, 0.6) is 5.75 Å². The molecule has 1 heterocycles. The number of aliphatic hydroxyl groups is 1. The molecule has 26 heavy (non-hydrogen) atoms. The number of benzene rings is 2. The van der Waals surface area contributed by atoms with Crippen molar-refractivity contribution in [3.63, 3.8) is 0 Å². The summed E-state index contributed by atoms with van der Waals surface area (Å²) < 4.78 is 0. The number of rotatable bonds is 4. The molecular formula is C20H19ClCuN2O2. The van der Waals surface area contributed by atoms with Crippen LogP contribution in [0.4, 0.5) is 0 Å². The van der Waals surface area contributed by atoms with Crippen molar-refractivity contribution in [1.82, 2.24) is 4.98 Å². The topological polar surface area (TPSA) is 68.5 Å². The first kappa shape index (κ1) is 23.8. The largest absolute Gasteiger partial charge is 2.00 e. The Kier molecular flexibility index (Phi) is 12.0. The van der Waals surface area contributed by atoms with E-state index in [4.69, 9.17) is 5.11 Å². The molecule has 1 N–H and O–H groups in total. The van der Waals surface area contributed by atoms with Gasteiger partial charge in [0.1, 0.15) is 6.04 Å². The van der Waals surface area contributed by atoms with Crippen LogP contribution in [0.15, 0.2) is 84.0 Å². The molecule has 1 radical (unpaired) electrons. The van der Waals surface area contributed by atoms with E-state index < -0.39 is 0 Å². The summed E-state index contributed by atoms with van der Waals surface area (Å²) in [6.07, 6.45) is 3.39. The van der Waals surface area contributed by atoms with E-state index in [1.807, 2.05) is 54.6 Å². The van der Waals surface area contributed by atoms with Crippen molar-refractivity contribution in [1.29, 1.82) is 0 Å². The number of nitrogens with zero attached hydrogens (tertiary/aromatic N) is 2. The van der Waals surface area contributed by atoms with E-state index in [2.05, 4.69) is 9.98 Å². The summed E-state index contributed by atoms with van der Waals surface area (Å²) in [5, 5.41) is 18.8. The minimum Gasteiger partial charge on any atom is -1.00 e. The van der Waals surface area contributed by atoms with Gasteiger partial charge in [-0.15, -0.1) is 5.75 Å². The maximum Gasteiger partial charge on any atom is 2.00 e. The van der Waals surface area contributed by atoms with Crippen molar-refractivity contribution in [3.8, 4) is 5.75 Å². The Morgan fingerprint density at radius 1 is 0.923 bits per heavy atom. The van der Waals surface area contributed by atoms with Crippen molar-refractivity contribution in [2.24, 2.45) is 4.99 Å². The molecule has 0 aliphatic rings. The van der Waals surface area contributed by atoms with Gasteiger partial charge >= 0.3 is 17.1 Å². The number of hydrogen-bond donors (Lipinski definition) is 1. The Morgan fingerprint density at radius 2 is 1.54 bits per heavy atom. The molecule has 0 amide bonds. The van der Waals surface area contributed by atoms with Crippen molar-refractivity contribution in [2.45, 2.75) is 6.04 Å². The fourth-order valence-electron chi connectivity index (χ4n) is 2.25. The number of para-hydroxylation sites is 1. The van der Waals surface area contributed by atoms with Crippen molar-refractivity contribution < 1.29 is 39.7 Å². The van der Waals surface area contributed by atoms with Crippen molar-refractivity contribution >= 4 is 6.21 Å². The number of hydrogen-bond acceptors (Lipinski definition) is 4. The van der Waals surface area contributed by atoms with E-state index in [-0.39, 0.29) is 41.3 Å². The van der Waals surface area contributed by atoms with Gasteiger partial charge in [0.25, 0.3) is 0 Å². The molecule has 0 saturated carbocycles. The minimum atomic E-state index is -0.220. The second kappa shape index (κ2) is 13.1. The molecule has 4 nitrogen and oxygen atoms in total. The molecular weight excluding hydrogens is 399 g/mol. The van der Waals surface area contributed by atoms with Gasteiger partial charge in [-0.25, -0.2) is 0 Å². The molecule has 0 spiro atoms. The van der Waals surface area contributed by atoms with Crippen LogP contribution < -0.4 is 17.5 Å². The molecule has 0 bridgehead atoms. The van der Waals surface area contributed by atoms with Crippen molar-refractivity contribution in [3.05, 3.63) is 95.8 Å². The quantitative estimate of drug-likeness (QED) is 0.478. The molecule has 0 aliphatic carbocycles. The summed E-state index contributed by atoms with van der Waals surface area (Å²) in [6.45, 7) is 0. The fraction of sp³-hybridized carbons (Fsp3) is 0.100. The van der Waals surface area contributed by atoms with Crippen molar-refractivity contribution in [2.75, 3.05) is 7.11 Å². The Bertz CT molecular complexity index is 732. The summed E-state index contributed by atoms with van der Waals surface area (Å²) in [5.41, 5.74) is 2.48. The van der Waals surface area contributed by atoms with Gasteiger partial charge in [0.2, 0.25) is 0 Å². The Morgan fingerprint density at radius 3 is 2.15 bits per heavy atom. The number of aliphatic hydroxyl groups excluding tert-OH is 1. The van der Waals surface area contributed by atoms with Crippen LogP contribution in [0.2, 0.25) is 0 Å². The minimum absolute atomic E-state index is 0. The molecule has 0 unspecified atom stereocenters. The SMILES string of the molecule is CO.[Cl-].[Cu+2].[O-]c1ccccc1C=N[C@H](c1ccccc1)c1ccccn1. The van der Waals surface area contributed by atoms with E-state index in [9.17, 15) is 5.11 Å². The van der Waals surface area contributed by atoms with E-state index in [1.54, 1.807) is 30.6 Å². The zero-order valence-electron chi connectivity index (χ0n) is 14.1. The molecule has 3 rings (SSSR count). The van der Waals surface area contributed by atoms with Crippen LogP contribution in [0.3, 0.4) is 0 Å². The average molecular weight is 418 g/mol. The first-order valence-corrected chi connectivity index (χ1v) is 7.54. The number of aliphatic imine (C=N–C) groups is 1. The van der Waals surface area contributed by atoms with Gasteiger partial charge in [-0.1, -0.05) is 60.7 Å².